The van der Waals surface area contributed by atoms with Gasteiger partial charge in [0.15, 0.2) is 0 Å². The van der Waals surface area contributed by atoms with Crippen molar-refractivity contribution in [3.05, 3.63) is 95.6 Å². The molecule has 3 N–H and O–H groups in total. The molecule has 0 saturated carbocycles. The predicted octanol–water partition coefficient (Wildman–Crippen LogP) is 3.02. The van der Waals surface area contributed by atoms with Gasteiger partial charge in [-0.05, 0) is 41.5 Å². The zero-order chi connectivity index (χ0) is 22.9. The third-order valence-electron chi connectivity index (χ3n) is 4.62. The predicted molar refractivity (Wildman–Crippen MR) is 119 cm³/mol. The molecule has 0 aliphatic carbocycles. The van der Waals surface area contributed by atoms with E-state index in [0.29, 0.717) is 12.4 Å². The monoisotopic (exact) mass is 432 g/mol. The van der Waals surface area contributed by atoms with Gasteiger partial charge in [0, 0.05) is 18.9 Å². The lowest BCUT2D eigenvalue weighted by Gasteiger charge is -2.16. The smallest absolute Gasteiger partial charge is 0.308 e. The number of rotatable bonds is 9. The van der Waals surface area contributed by atoms with Crippen LogP contribution in [0.3, 0.4) is 0 Å². The molecule has 7 heteroatoms. The maximum absolute atomic E-state index is 12.6. The molecule has 0 bridgehead atoms. The van der Waals surface area contributed by atoms with Gasteiger partial charge in [0.25, 0.3) is 5.91 Å². The maximum atomic E-state index is 12.6. The van der Waals surface area contributed by atoms with Gasteiger partial charge in [-0.2, -0.15) is 0 Å². The van der Waals surface area contributed by atoms with Crippen LogP contribution in [0.2, 0.25) is 0 Å². The van der Waals surface area contributed by atoms with Crippen molar-refractivity contribution >= 4 is 17.8 Å². The van der Waals surface area contributed by atoms with E-state index in [9.17, 15) is 14.4 Å². The Morgan fingerprint density at radius 3 is 2.25 bits per heavy atom. The van der Waals surface area contributed by atoms with Crippen LogP contribution in [0.4, 0.5) is 0 Å². The highest BCUT2D eigenvalue weighted by Crippen LogP contribution is 2.17. The minimum atomic E-state index is -0.907. The third kappa shape index (κ3) is 6.70. The molecule has 1 atom stereocenters. The van der Waals surface area contributed by atoms with Crippen molar-refractivity contribution in [2.24, 2.45) is 5.73 Å². The lowest BCUT2D eigenvalue weighted by molar-refractivity contribution is -0.131. The van der Waals surface area contributed by atoms with Crippen molar-refractivity contribution in [3.63, 3.8) is 0 Å². The van der Waals surface area contributed by atoms with E-state index in [1.165, 1.54) is 13.0 Å². The van der Waals surface area contributed by atoms with Crippen molar-refractivity contribution in [3.8, 4) is 11.5 Å². The van der Waals surface area contributed by atoms with Gasteiger partial charge in [-0.25, -0.2) is 0 Å². The van der Waals surface area contributed by atoms with E-state index < -0.39 is 23.8 Å². The second-order valence-corrected chi connectivity index (χ2v) is 7.17. The van der Waals surface area contributed by atoms with Crippen molar-refractivity contribution in [1.82, 2.24) is 5.32 Å². The Bertz CT molecular complexity index is 1080. The molecule has 0 spiro atoms. The molecule has 0 aliphatic rings. The number of primary amides is 1. The van der Waals surface area contributed by atoms with Gasteiger partial charge in [0.2, 0.25) is 5.91 Å². The van der Waals surface area contributed by atoms with Crippen LogP contribution in [-0.2, 0) is 22.6 Å². The molecule has 3 aromatic rings. The first-order valence-corrected chi connectivity index (χ1v) is 10.0. The Balaban J connectivity index is 1.60. The summed E-state index contributed by atoms with van der Waals surface area (Å²) in [4.78, 5) is 35.6. The molecule has 3 aromatic carbocycles. The van der Waals surface area contributed by atoms with Crippen molar-refractivity contribution in [2.45, 2.75) is 26.0 Å². The summed E-state index contributed by atoms with van der Waals surface area (Å²) in [6.45, 7) is 1.72. The summed E-state index contributed by atoms with van der Waals surface area (Å²) in [6.07, 6.45) is 0.226. The van der Waals surface area contributed by atoms with Crippen LogP contribution < -0.4 is 20.5 Å². The van der Waals surface area contributed by atoms with Crippen LogP contribution in [0, 0.1) is 0 Å². The van der Waals surface area contributed by atoms with Gasteiger partial charge in [0.05, 0.1) is 0 Å². The third-order valence-corrected chi connectivity index (χ3v) is 4.62. The molecular formula is C25H24N2O5. The number of esters is 1. The van der Waals surface area contributed by atoms with Crippen LogP contribution >= 0.6 is 0 Å². The Labute approximate surface area is 186 Å². The van der Waals surface area contributed by atoms with Crippen LogP contribution in [0.25, 0.3) is 0 Å². The fourth-order valence-electron chi connectivity index (χ4n) is 3.03. The number of nitrogens with one attached hydrogen (secondary N) is 1. The Morgan fingerprint density at radius 2 is 1.59 bits per heavy atom. The van der Waals surface area contributed by atoms with Gasteiger partial charge >= 0.3 is 5.97 Å². The lowest BCUT2D eigenvalue weighted by Crippen LogP contribution is -2.45. The molecule has 0 heterocycles. The largest absolute Gasteiger partial charge is 0.489 e. The second-order valence-electron chi connectivity index (χ2n) is 7.17. The number of carbonyl (C=O) groups is 3. The molecule has 0 fully saturated rings. The van der Waals surface area contributed by atoms with E-state index in [1.807, 2.05) is 42.5 Å². The molecule has 0 aliphatic heterocycles. The summed E-state index contributed by atoms with van der Waals surface area (Å²) < 4.78 is 10.8. The minimum absolute atomic E-state index is 0.226. The molecule has 7 nitrogen and oxygen atoms in total. The molecule has 0 radical (unpaired) electrons. The first kappa shape index (κ1) is 22.6. The summed E-state index contributed by atoms with van der Waals surface area (Å²) in [6, 6.07) is 22.3. The van der Waals surface area contributed by atoms with Crippen LogP contribution in [-0.4, -0.2) is 23.8 Å². The van der Waals surface area contributed by atoms with Gasteiger partial charge < -0.3 is 20.5 Å². The highest BCUT2D eigenvalue weighted by Gasteiger charge is 2.20. The number of ether oxygens (including phenoxy) is 2. The fourth-order valence-corrected chi connectivity index (χ4v) is 3.03. The average molecular weight is 432 g/mol. The lowest BCUT2D eigenvalue weighted by atomic mass is 10.0. The summed E-state index contributed by atoms with van der Waals surface area (Å²) in [5.41, 5.74) is 7.63. The highest BCUT2D eigenvalue weighted by molar-refractivity contribution is 5.97. The first-order chi connectivity index (χ1) is 15.4. The summed E-state index contributed by atoms with van der Waals surface area (Å²) in [5.74, 6) is -0.704. The van der Waals surface area contributed by atoms with Gasteiger partial charge in [-0.1, -0.05) is 48.5 Å². The number of carbonyl (C=O) groups excluding carboxylic acids is 3. The highest BCUT2D eigenvalue weighted by atomic mass is 16.5. The molecule has 2 amide bonds. The summed E-state index contributed by atoms with van der Waals surface area (Å²) in [7, 11) is 0. The number of hydrogen-bond donors (Lipinski definition) is 2. The van der Waals surface area contributed by atoms with Crippen molar-refractivity contribution in [2.75, 3.05) is 0 Å². The maximum Gasteiger partial charge on any atom is 0.308 e. The molecule has 0 unspecified atom stereocenters. The number of amides is 2. The van der Waals surface area contributed by atoms with E-state index >= 15 is 0 Å². The summed E-state index contributed by atoms with van der Waals surface area (Å²) in [5, 5.41) is 2.64. The van der Waals surface area contributed by atoms with Crippen molar-refractivity contribution < 1.29 is 23.9 Å². The van der Waals surface area contributed by atoms with Crippen LogP contribution in [0.5, 0.6) is 11.5 Å². The first-order valence-electron chi connectivity index (χ1n) is 10.0. The van der Waals surface area contributed by atoms with Gasteiger partial charge in [-0.15, -0.1) is 0 Å². The summed E-state index contributed by atoms with van der Waals surface area (Å²) >= 11 is 0. The fraction of sp³-hybridized carbons (Fsp3) is 0.160. The molecule has 0 saturated heterocycles. The van der Waals surface area contributed by atoms with E-state index in [0.717, 1.165) is 11.1 Å². The van der Waals surface area contributed by atoms with Crippen LogP contribution in [0.15, 0.2) is 78.9 Å². The normalized spacial score (nSPS) is 11.3. The molecule has 0 aromatic heterocycles. The van der Waals surface area contributed by atoms with Gasteiger partial charge in [-0.3, -0.25) is 14.4 Å². The van der Waals surface area contributed by atoms with E-state index in [1.54, 1.807) is 30.3 Å². The van der Waals surface area contributed by atoms with Crippen LogP contribution in [0.1, 0.15) is 28.4 Å². The Kier molecular flexibility index (Phi) is 7.59. The standard InChI is InChI=1S/C25H24N2O5/c1-17(28)32-22-9-5-8-20(15-22)25(30)27-23(24(26)29)14-18-10-12-21(13-11-18)31-16-19-6-3-2-4-7-19/h2-13,15,23H,14,16H2,1H3,(H2,26,29)(H,27,30)/t23-/m0/s1. The zero-order valence-electron chi connectivity index (χ0n) is 17.6. The quantitative estimate of drug-likeness (QED) is 0.399. The zero-order valence-corrected chi connectivity index (χ0v) is 17.6. The number of hydrogen-bond acceptors (Lipinski definition) is 5. The number of benzene rings is 3. The molecular weight excluding hydrogens is 408 g/mol. The van der Waals surface area contributed by atoms with Crippen molar-refractivity contribution in [1.29, 1.82) is 0 Å². The number of nitrogens with two attached hydrogens (primary N) is 1. The molecule has 3 rings (SSSR count). The molecule has 32 heavy (non-hydrogen) atoms. The second kappa shape index (κ2) is 10.8. The Hall–Kier alpha value is -4.13. The van der Waals surface area contributed by atoms with Gasteiger partial charge in [0.1, 0.15) is 24.1 Å². The topological polar surface area (TPSA) is 108 Å². The Morgan fingerprint density at radius 1 is 0.875 bits per heavy atom. The van der Waals surface area contributed by atoms with E-state index in [-0.39, 0.29) is 17.7 Å². The van der Waals surface area contributed by atoms with E-state index in [2.05, 4.69) is 5.32 Å². The van der Waals surface area contributed by atoms with E-state index in [4.69, 9.17) is 15.2 Å². The SMILES string of the molecule is CC(=O)Oc1cccc(C(=O)N[C@@H](Cc2ccc(OCc3ccccc3)cc2)C(N)=O)c1. The molecule has 164 valence electrons. The average Bonchev–Trinajstić information content (AvgIpc) is 2.78. The minimum Gasteiger partial charge on any atom is -0.489 e.